The third-order valence-corrected chi connectivity index (χ3v) is 1.62. The molecule has 0 fully saturated rings. The van der Waals surface area contributed by atoms with Crippen LogP contribution >= 0.6 is 0 Å². The van der Waals surface area contributed by atoms with Crippen LogP contribution in [-0.4, -0.2) is 52.9 Å². The summed E-state index contributed by atoms with van der Waals surface area (Å²) >= 11 is 0. The van der Waals surface area contributed by atoms with E-state index >= 15 is 0 Å². The third kappa shape index (κ3) is 13.8. The largest absolute Gasteiger partial charge is 0.379 e. The van der Waals surface area contributed by atoms with Crippen LogP contribution in [0.1, 0.15) is 13.8 Å². The maximum atomic E-state index is 5.27. The van der Waals surface area contributed by atoms with E-state index in [1.54, 1.807) is 0 Å². The summed E-state index contributed by atoms with van der Waals surface area (Å²) in [4.78, 5) is 0. The van der Waals surface area contributed by atoms with Crippen molar-refractivity contribution in [1.29, 1.82) is 0 Å². The Morgan fingerprint density at radius 1 is 0.667 bits per heavy atom. The molecule has 4 heteroatoms. The molecule has 0 aromatic rings. The molecular formula is C11H23O4. The summed E-state index contributed by atoms with van der Waals surface area (Å²) in [7, 11) is 0. The highest BCUT2D eigenvalue weighted by atomic mass is 16.5. The summed E-state index contributed by atoms with van der Waals surface area (Å²) in [6, 6.07) is 0. The molecule has 0 unspecified atom stereocenters. The predicted molar refractivity (Wildman–Crippen MR) is 58.9 cm³/mol. The fourth-order valence-corrected chi connectivity index (χ4v) is 0.906. The fraction of sp³-hybridized carbons (Fsp3) is 0.909. The van der Waals surface area contributed by atoms with Gasteiger partial charge in [-0.2, -0.15) is 0 Å². The number of hydrogen-bond donors (Lipinski definition) is 0. The van der Waals surface area contributed by atoms with E-state index in [9.17, 15) is 0 Å². The summed E-state index contributed by atoms with van der Waals surface area (Å²) < 4.78 is 20.8. The van der Waals surface area contributed by atoms with Gasteiger partial charge >= 0.3 is 0 Å². The molecule has 0 aliphatic heterocycles. The van der Waals surface area contributed by atoms with Crippen LogP contribution in [0.3, 0.4) is 0 Å². The van der Waals surface area contributed by atoms with Crippen LogP contribution in [0.2, 0.25) is 0 Å². The van der Waals surface area contributed by atoms with Gasteiger partial charge in [0, 0.05) is 19.6 Å². The van der Waals surface area contributed by atoms with Crippen LogP contribution in [0.15, 0.2) is 0 Å². The molecule has 0 aromatic carbocycles. The van der Waals surface area contributed by atoms with Crippen LogP contribution in [0.5, 0.6) is 0 Å². The second kappa shape index (κ2) is 13.8. The zero-order valence-electron chi connectivity index (χ0n) is 9.87. The maximum absolute atomic E-state index is 5.27. The summed E-state index contributed by atoms with van der Waals surface area (Å²) in [5.74, 6) is 0. The van der Waals surface area contributed by atoms with E-state index in [1.807, 2.05) is 20.3 Å². The lowest BCUT2D eigenvalue weighted by atomic mass is 10.5. The van der Waals surface area contributed by atoms with Gasteiger partial charge in [0.15, 0.2) is 0 Å². The monoisotopic (exact) mass is 219 g/mol. The van der Waals surface area contributed by atoms with Gasteiger partial charge in [0.25, 0.3) is 0 Å². The van der Waals surface area contributed by atoms with Crippen molar-refractivity contribution in [1.82, 2.24) is 0 Å². The Bertz CT molecular complexity index is 96.8. The molecule has 1 radical (unpaired) electrons. The molecule has 4 nitrogen and oxygen atoms in total. The Balaban J connectivity index is 2.81. The summed E-state index contributed by atoms with van der Waals surface area (Å²) in [6.07, 6.45) is 1.96. The normalized spacial score (nSPS) is 10.8. The van der Waals surface area contributed by atoms with Crippen LogP contribution in [0.25, 0.3) is 0 Å². The van der Waals surface area contributed by atoms with Gasteiger partial charge in [-0.15, -0.1) is 0 Å². The van der Waals surface area contributed by atoms with Crippen molar-refractivity contribution in [3.63, 3.8) is 0 Å². The highest BCUT2D eigenvalue weighted by Crippen LogP contribution is 1.85. The van der Waals surface area contributed by atoms with Crippen molar-refractivity contribution in [2.24, 2.45) is 0 Å². The summed E-state index contributed by atoms with van der Waals surface area (Å²) in [6.45, 7) is 9.26. The highest BCUT2D eigenvalue weighted by molar-refractivity contribution is 4.60. The van der Waals surface area contributed by atoms with Crippen molar-refractivity contribution in [2.45, 2.75) is 13.8 Å². The highest BCUT2D eigenvalue weighted by Gasteiger charge is 1.91. The van der Waals surface area contributed by atoms with E-state index in [4.69, 9.17) is 18.9 Å². The van der Waals surface area contributed by atoms with Gasteiger partial charge in [-0.1, -0.05) is 0 Å². The second-order valence-corrected chi connectivity index (χ2v) is 2.83. The lowest BCUT2D eigenvalue weighted by molar-refractivity contribution is 0.0429. The average molecular weight is 219 g/mol. The van der Waals surface area contributed by atoms with Gasteiger partial charge in [-0.25, -0.2) is 0 Å². The molecule has 0 spiro atoms. The topological polar surface area (TPSA) is 36.9 Å². The average Bonchev–Trinajstić information content (AvgIpc) is 2.26. The number of rotatable bonds is 12. The van der Waals surface area contributed by atoms with E-state index in [0.29, 0.717) is 39.6 Å². The molecule has 0 aliphatic rings. The van der Waals surface area contributed by atoms with E-state index in [2.05, 4.69) is 0 Å². The predicted octanol–water partition coefficient (Wildman–Crippen LogP) is 1.30. The molecular weight excluding hydrogens is 196 g/mol. The van der Waals surface area contributed by atoms with E-state index in [0.717, 1.165) is 13.2 Å². The van der Waals surface area contributed by atoms with E-state index in [1.165, 1.54) is 0 Å². The quantitative estimate of drug-likeness (QED) is 0.464. The van der Waals surface area contributed by atoms with E-state index in [-0.39, 0.29) is 0 Å². The lowest BCUT2D eigenvalue weighted by Gasteiger charge is -2.05. The van der Waals surface area contributed by atoms with Gasteiger partial charge in [0.1, 0.15) is 0 Å². The second-order valence-electron chi connectivity index (χ2n) is 2.83. The minimum absolute atomic E-state index is 0.613. The molecule has 0 heterocycles. The van der Waals surface area contributed by atoms with Crippen molar-refractivity contribution >= 4 is 0 Å². The zero-order valence-corrected chi connectivity index (χ0v) is 9.87. The van der Waals surface area contributed by atoms with Crippen molar-refractivity contribution < 1.29 is 18.9 Å². The first-order valence-corrected chi connectivity index (χ1v) is 5.54. The van der Waals surface area contributed by atoms with E-state index < -0.39 is 0 Å². The Hall–Kier alpha value is -0.160. The zero-order chi connectivity index (χ0) is 11.2. The smallest absolute Gasteiger partial charge is 0.0700 e. The molecule has 0 amide bonds. The van der Waals surface area contributed by atoms with Crippen LogP contribution < -0.4 is 0 Å². The molecule has 0 rings (SSSR count). The maximum Gasteiger partial charge on any atom is 0.0700 e. The molecule has 0 bridgehead atoms. The van der Waals surface area contributed by atoms with Gasteiger partial charge in [-0.3, -0.25) is 0 Å². The Morgan fingerprint density at radius 3 is 1.47 bits per heavy atom. The Labute approximate surface area is 92.8 Å². The minimum Gasteiger partial charge on any atom is -0.379 e. The van der Waals surface area contributed by atoms with Crippen molar-refractivity contribution in [2.75, 3.05) is 52.9 Å². The molecule has 0 saturated carbocycles. The van der Waals surface area contributed by atoms with Crippen LogP contribution in [-0.2, 0) is 18.9 Å². The summed E-state index contributed by atoms with van der Waals surface area (Å²) in [5.41, 5.74) is 0. The van der Waals surface area contributed by atoms with Gasteiger partial charge in [0.05, 0.1) is 39.6 Å². The molecule has 91 valence electrons. The van der Waals surface area contributed by atoms with Crippen molar-refractivity contribution in [3.05, 3.63) is 6.42 Å². The van der Waals surface area contributed by atoms with Gasteiger partial charge in [-0.05, 0) is 13.8 Å². The summed E-state index contributed by atoms with van der Waals surface area (Å²) in [5, 5.41) is 0. The van der Waals surface area contributed by atoms with Crippen LogP contribution in [0, 0.1) is 6.42 Å². The fourth-order valence-electron chi connectivity index (χ4n) is 0.906. The first kappa shape index (κ1) is 14.8. The molecule has 0 atom stereocenters. The van der Waals surface area contributed by atoms with Gasteiger partial charge in [0.2, 0.25) is 0 Å². The van der Waals surface area contributed by atoms with Crippen molar-refractivity contribution in [3.8, 4) is 0 Å². The first-order valence-electron chi connectivity index (χ1n) is 5.54. The molecule has 0 N–H and O–H groups in total. The molecule has 0 aliphatic carbocycles. The first-order chi connectivity index (χ1) is 7.41. The molecule has 0 aromatic heterocycles. The van der Waals surface area contributed by atoms with Gasteiger partial charge < -0.3 is 18.9 Å². The Morgan fingerprint density at radius 2 is 1.07 bits per heavy atom. The molecule has 0 saturated heterocycles. The molecule has 15 heavy (non-hydrogen) atoms. The SMILES string of the molecule is CCOCCOC[CH]COCCOCC. The minimum atomic E-state index is 0.613. The standard InChI is InChI=1S/C11H23O4/c1-3-12-8-10-14-6-5-7-15-11-9-13-4-2/h5H,3-4,6-11H2,1-2H3. The third-order valence-electron chi connectivity index (χ3n) is 1.62. The van der Waals surface area contributed by atoms with Crippen LogP contribution in [0.4, 0.5) is 0 Å². The number of hydrogen-bond acceptors (Lipinski definition) is 4. The Kier molecular flexibility index (Phi) is 13.7. The lowest BCUT2D eigenvalue weighted by Crippen LogP contribution is -2.09. The number of ether oxygens (including phenoxy) is 4.